The highest BCUT2D eigenvalue weighted by Crippen LogP contribution is 2.33. The van der Waals surface area contributed by atoms with Gasteiger partial charge in [0.2, 0.25) is 0 Å². The van der Waals surface area contributed by atoms with Crippen LogP contribution in [0.15, 0.2) is 24.3 Å². The molecule has 1 aromatic rings. The van der Waals surface area contributed by atoms with Crippen molar-refractivity contribution in [3.8, 4) is 0 Å². The predicted molar refractivity (Wildman–Crippen MR) is 81.6 cm³/mol. The molecule has 1 saturated carbocycles. The lowest BCUT2D eigenvalue weighted by molar-refractivity contribution is 0.213. The molecule has 112 valence electrons. The molecule has 0 spiro atoms. The molecule has 1 unspecified atom stereocenters. The summed E-state index contributed by atoms with van der Waals surface area (Å²) < 4.78 is 13.2. The molecule has 2 rings (SSSR count). The lowest BCUT2D eigenvalue weighted by atomic mass is 9.76. The second kappa shape index (κ2) is 7.75. The Morgan fingerprint density at radius 1 is 1.30 bits per heavy atom. The Morgan fingerprint density at radius 3 is 2.65 bits per heavy atom. The summed E-state index contributed by atoms with van der Waals surface area (Å²) in [7, 11) is 0. The van der Waals surface area contributed by atoms with Crippen LogP contribution in [0.25, 0.3) is 0 Å². The third-order valence-corrected chi connectivity index (χ3v) is 4.72. The fraction of sp³-hybridized carbons (Fsp3) is 0.647. The zero-order chi connectivity index (χ0) is 14.4. The normalized spacial score (nSPS) is 24.6. The van der Waals surface area contributed by atoms with Crippen molar-refractivity contribution in [2.75, 3.05) is 0 Å². The summed E-state index contributed by atoms with van der Waals surface area (Å²) in [6.07, 6.45) is 8.59. The van der Waals surface area contributed by atoms with Crippen LogP contribution >= 0.6 is 0 Å². The van der Waals surface area contributed by atoms with Gasteiger partial charge in [0.15, 0.2) is 0 Å². The van der Waals surface area contributed by atoms with E-state index in [4.69, 9.17) is 5.84 Å². The Kier molecular flexibility index (Phi) is 5.99. The smallest absolute Gasteiger partial charge is 0.123 e. The molecule has 1 aromatic carbocycles. The van der Waals surface area contributed by atoms with Crippen molar-refractivity contribution in [3.63, 3.8) is 0 Å². The van der Waals surface area contributed by atoms with E-state index in [1.807, 2.05) is 6.07 Å². The van der Waals surface area contributed by atoms with Crippen LogP contribution in [0.3, 0.4) is 0 Å². The molecule has 1 atom stereocenters. The maximum atomic E-state index is 13.2. The number of hydrogen-bond donors (Lipinski definition) is 2. The molecule has 0 aliphatic heterocycles. The van der Waals surface area contributed by atoms with Crippen LogP contribution in [-0.2, 0) is 6.42 Å². The lowest BCUT2D eigenvalue weighted by Crippen LogP contribution is -2.43. The maximum absolute atomic E-state index is 13.2. The topological polar surface area (TPSA) is 38.0 Å². The van der Waals surface area contributed by atoms with Crippen molar-refractivity contribution in [1.82, 2.24) is 5.43 Å². The average molecular weight is 278 g/mol. The number of rotatable bonds is 6. The molecule has 0 heterocycles. The van der Waals surface area contributed by atoms with Gasteiger partial charge in [0.25, 0.3) is 0 Å². The minimum Gasteiger partial charge on any atom is -0.271 e. The van der Waals surface area contributed by atoms with Crippen molar-refractivity contribution in [1.29, 1.82) is 0 Å². The molecular weight excluding hydrogens is 251 g/mol. The summed E-state index contributed by atoms with van der Waals surface area (Å²) in [5.41, 5.74) is 4.00. The molecule has 3 N–H and O–H groups in total. The van der Waals surface area contributed by atoms with E-state index in [0.29, 0.717) is 5.92 Å². The van der Waals surface area contributed by atoms with Crippen molar-refractivity contribution < 1.29 is 4.39 Å². The van der Waals surface area contributed by atoms with Crippen LogP contribution in [-0.4, -0.2) is 6.04 Å². The highest BCUT2D eigenvalue weighted by molar-refractivity contribution is 5.17. The molecule has 0 aromatic heterocycles. The highest BCUT2D eigenvalue weighted by Gasteiger charge is 2.26. The SMILES string of the molecule is CCCC1CCC(C(Cc2cccc(F)c2)NN)CC1. The predicted octanol–water partition coefficient (Wildman–Crippen LogP) is 3.81. The minimum atomic E-state index is -0.162. The molecular formula is C17H27FN2. The fourth-order valence-corrected chi connectivity index (χ4v) is 3.57. The van der Waals surface area contributed by atoms with Crippen LogP contribution in [0, 0.1) is 17.7 Å². The van der Waals surface area contributed by atoms with Gasteiger partial charge in [-0.3, -0.25) is 11.3 Å². The zero-order valence-electron chi connectivity index (χ0n) is 12.4. The average Bonchev–Trinajstić information content (AvgIpc) is 2.46. The third-order valence-electron chi connectivity index (χ3n) is 4.72. The molecule has 3 heteroatoms. The van der Waals surface area contributed by atoms with Gasteiger partial charge in [0.1, 0.15) is 5.82 Å². The Morgan fingerprint density at radius 2 is 2.05 bits per heavy atom. The number of hydrazine groups is 1. The Hall–Kier alpha value is -0.930. The van der Waals surface area contributed by atoms with Crippen molar-refractivity contribution in [2.24, 2.45) is 17.7 Å². The Balaban J connectivity index is 1.89. The molecule has 0 amide bonds. The Labute approximate surface area is 121 Å². The standard InChI is InChI=1S/C17H27FN2/c1-2-4-13-7-9-15(10-8-13)17(20-19)12-14-5-3-6-16(18)11-14/h3,5-6,11,13,15,17,20H,2,4,7-10,12,19H2,1H3. The first-order valence-electron chi connectivity index (χ1n) is 7.93. The van der Waals surface area contributed by atoms with Crippen LogP contribution in [0.5, 0.6) is 0 Å². The van der Waals surface area contributed by atoms with Gasteiger partial charge in [0, 0.05) is 6.04 Å². The summed E-state index contributed by atoms with van der Waals surface area (Å²) >= 11 is 0. The summed E-state index contributed by atoms with van der Waals surface area (Å²) in [6.45, 7) is 2.26. The molecule has 1 aliphatic rings. The second-order valence-electron chi connectivity index (χ2n) is 6.18. The number of nitrogens with two attached hydrogens (primary N) is 1. The van der Waals surface area contributed by atoms with Gasteiger partial charge in [-0.15, -0.1) is 0 Å². The van der Waals surface area contributed by atoms with E-state index in [1.165, 1.54) is 44.6 Å². The second-order valence-corrected chi connectivity index (χ2v) is 6.18. The van der Waals surface area contributed by atoms with E-state index in [0.717, 1.165) is 17.9 Å². The number of halogens is 1. The first-order chi connectivity index (χ1) is 9.72. The molecule has 20 heavy (non-hydrogen) atoms. The van der Waals surface area contributed by atoms with Gasteiger partial charge in [-0.25, -0.2) is 4.39 Å². The van der Waals surface area contributed by atoms with E-state index in [-0.39, 0.29) is 11.9 Å². The van der Waals surface area contributed by atoms with Gasteiger partial charge < -0.3 is 0 Å². The Bertz CT molecular complexity index is 400. The van der Waals surface area contributed by atoms with Gasteiger partial charge in [0.05, 0.1) is 0 Å². The molecule has 0 saturated heterocycles. The number of nitrogens with one attached hydrogen (secondary N) is 1. The summed E-state index contributed by atoms with van der Waals surface area (Å²) in [4.78, 5) is 0. The molecule has 0 radical (unpaired) electrons. The van der Waals surface area contributed by atoms with E-state index in [2.05, 4.69) is 12.3 Å². The van der Waals surface area contributed by atoms with Gasteiger partial charge >= 0.3 is 0 Å². The first-order valence-corrected chi connectivity index (χ1v) is 7.93. The summed E-state index contributed by atoms with van der Waals surface area (Å²) in [5, 5.41) is 0. The van der Waals surface area contributed by atoms with Crippen LogP contribution in [0.4, 0.5) is 4.39 Å². The lowest BCUT2D eigenvalue weighted by Gasteiger charge is -2.33. The van der Waals surface area contributed by atoms with Crippen LogP contribution in [0.2, 0.25) is 0 Å². The van der Waals surface area contributed by atoms with Crippen molar-refractivity contribution in [2.45, 2.75) is 57.9 Å². The largest absolute Gasteiger partial charge is 0.271 e. The van der Waals surface area contributed by atoms with E-state index >= 15 is 0 Å². The van der Waals surface area contributed by atoms with E-state index in [1.54, 1.807) is 12.1 Å². The summed E-state index contributed by atoms with van der Waals surface area (Å²) in [6, 6.07) is 7.13. The monoisotopic (exact) mass is 278 g/mol. The number of hydrogen-bond acceptors (Lipinski definition) is 2. The first kappa shape index (κ1) is 15.5. The van der Waals surface area contributed by atoms with Crippen LogP contribution < -0.4 is 11.3 Å². The quantitative estimate of drug-likeness (QED) is 0.613. The van der Waals surface area contributed by atoms with Gasteiger partial charge in [-0.1, -0.05) is 44.7 Å². The molecule has 2 nitrogen and oxygen atoms in total. The van der Waals surface area contributed by atoms with E-state index < -0.39 is 0 Å². The minimum absolute atomic E-state index is 0.162. The van der Waals surface area contributed by atoms with Crippen molar-refractivity contribution >= 4 is 0 Å². The van der Waals surface area contributed by atoms with Crippen molar-refractivity contribution in [3.05, 3.63) is 35.6 Å². The van der Waals surface area contributed by atoms with Gasteiger partial charge in [-0.2, -0.15) is 0 Å². The maximum Gasteiger partial charge on any atom is 0.123 e. The number of benzene rings is 1. The van der Waals surface area contributed by atoms with Crippen LogP contribution in [0.1, 0.15) is 51.0 Å². The molecule has 1 aliphatic carbocycles. The third kappa shape index (κ3) is 4.29. The molecule has 1 fully saturated rings. The molecule has 0 bridgehead atoms. The zero-order valence-corrected chi connectivity index (χ0v) is 12.4. The fourth-order valence-electron chi connectivity index (χ4n) is 3.57. The van der Waals surface area contributed by atoms with Gasteiger partial charge in [-0.05, 0) is 48.8 Å². The summed E-state index contributed by atoms with van der Waals surface area (Å²) in [5.74, 6) is 7.10. The highest BCUT2D eigenvalue weighted by atomic mass is 19.1. The van der Waals surface area contributed by atoms with E-state index in [9.17, 15) is 4.39 Å².